The van der Waals surface area contributed by atoms with Gasteiger partial charge in [0.25, 0.3) is 5.91 Å². The first-order valence-electron chi connectivity index (χ1n) is 10.1. The molecule has 0 aliphatic carbocycles. The van der Waals surface area contributed by atoms with Crippen molar-refractivity contribution >= 4 is 44.3 Å². The number of carboxylic acid groups (broad SMARTS) is 1. The molecule has 1 N–H and O–H groups in total. The molecule has 6 nitrogen and oxygen atoms in total. The molecule has 4 rings (SSSR count). The highest BCUT2D eigenvalue weighted by atomic mass is 79.9. The van der Waals surface area contributed by atoms with Gasteiger partial charge in [0.05, 0.1) is 37.4 Å². The minimum absolute atomic E-state index is 0.0819. The Kier molecular flexibility index (Phi) is 5.87. The molecule has 0 unspecified atom stereocenters. The van der Waals surface area contributed by atoms with Gasteiger partial charge < -0.3 is 19.5 Å². The molecule has 1 heterocycles. The second kappa shape index (κ2) is 8.59. The zero-order valence-electron chi connectivity index (χ0n) is 17.3. The summed E-state index contributed by atoms with van der Waals surface area (Å²) in [5.74, 6) is 0.198. The monoisotopic (exact) mass is 483 g/mol. The van der Waals surface area contributed by atoms with Gasteiger partial charge in [0, 0.05) is 20.8 Å². The van der Waals surface area contributed by atoms with Crippen molar-refractivity contribution in [3.8, 4) is 11.5 Å². The van der Waals surface area contributed by atoms with Gasteiger partial charge in [-0.3, -0.25) is 9.59 Å². The number of nitrogens with zero attached hydrogens (tertiary/aromatic N) is 1. The Bertz CT molecular complexity index is 1190. The molecule has 0 saturated heterocycles. The van der Waals surface area contributed by atoms with Crippen LogP contribution in [0.3, 0.4) is 0 Å². The molecule has 160 valence electrons. The lowest BCUT2D eigenvalue weighted by molar-refractivity contribution is -0.136. The number of carboxylic acids is 1. The minimum atomic E-state index is -0.904. The van der Waals surface area contributed by atoms with Crippen molar-refractivity contribution < 1.29 is 24.2 Å². The molecule has 0 bridgehead atoms. The second-order valence-electron chi connectivity index (χ2n) is 7.17. The Balaban J connectivity index is 1.86. The minimum Gasteiger partial charge on any atom is -0.493 e. The van der Waals surface area contributed by atoms with Crippen molar-refractivity contribution in [1.82, 2.24) is 0 Å². The van der Waals surface area contributed by atoms with E-state index in [4.69, 9.17) is 14.6 Å². The Hall–Kier alpha value is -3.06. The van der Waals surface area contributed by atoms with Crippen molar-refractivity contribution in [3.63, 3.8) is 0 Å². The zero-order chi connectivity index (χ0) is 22.1. The van der Waals surface area contributed by atoms with E-state index in [1.165, 1.54) is 0 Å². The summed E-state index contributed by atoms with van der Waals surface area (Å²) in [6, 6.07) is 13.0. The van der Waals surface area contributed by atoms with Crippen LogP contribution in [0.4, 0.5) is 5.69 Å². The molecule has 7 heteroatoms. The second-order valence-corrected chi connectivity index (χ2v) is 8.03. The van der Waals surface area contributed by atoms with Crippen LogP contribution in [0.5, 0.6) is 11.5 Å². The zero-order valence-corrected chi connectivity index (χ0v) is 18.9. The first-order chi connectivity index (χ1) is 15.0. The number of aliphatic carboxylic acids is 1. The number of benzene rings is 3. The summed E-state index contributed by atoms with van der Waals surface area (Å²) in [5, 5.41) is 10.8. The molecular weight excluding hydrogens is 462 g/mol. The number of hydrogen-bond acceptors (Lipinski definition) is 4. The fourth-order valence-corrected chi connectivity index (χ4v) is 4.66. The summed E-state index contributed by atoms with van der Waals surface area (Å²) in [6.07, 6.45) is -0.0819. The highest BCUT2D eigenvalue weighted by molar-refractivity contribution is 9.10. The Morgan fingerprint density at radius 1 is 1.06 bits per heavy atom. The van der Waals surface area contributed by atoms with Crippen LogP contribution < -0.4 is 14.4 Å². The number of rotatable bonds is 7. The molecule has 0 fully saturated rings. The van der Waals surface area contributed by atoms with Gasteiger partial charge in [0.2, 0.25) is 0 Å². The number of anilines is 1. The molecule has 31 heavy (non-hydrogen) atoms. The molecule has 1 amide bonds. The highest BCUT2D eigenvalue weighted by Crippen LogP contribution is 2.46. The van der Waals surface area contributed by atoms with Gasteiger partial charge in [-0.2, -0.15) is 0 Å². The number of hydrogen-bond donors (Lipinski definition) is 1. The quantitative estimate of drug-likeness (QED) is 0.500. The molecule has 1 aliphatic rings. The molecule has 0 saturated carbocycles. The van der Waals surface area contributed by atoms with Crippen LogP contribution in [-0.2, 0) is 17.8 Å². The molecule has 0 radical (unpaired) electrons. The van der Waals surface area contributed by atoms with Crippen LogP contribution in [0.1, 0.15) is 35.3 Å². The van der Waals surface area contributed by atoms with E-state index in [-0.39, 0.29) is 12.3 Å². The van der Waals surface area contributed by atoms with Gasteiger partial charge in [0.15, 0.2) is 0 Å². The maximum absolute atomic E-state index is 13.6. The summed E-state index contributed by atoms with van der Waals surface area (Å²) in [6.45, 7) is 5.07. The average Bonchev–Trinajstić information content (AvgIpc) is 3.07. The van der Waals surface area contributed by atoms with Gasteiger partial charge in [0.1, 0.15) is 11.5 Å². The van der Waals surface area contributed by atoms with Gasteiger partial charge in [-0.25, -0.2) is 0 Å². The fourth-order valence-electron chi connectivity index (χ4n) is 4.02. The van der Waals surface area contributed by atoms with E-state index in [2.05, 4.69) is 15.9 Å². The number of amides is 1. The Morgan fingerprint density at radius 2 is 1.71 bits per heavy atom. The molecule has 3 aromatic carbocycles. The normalized spacial score (nSPS) is 12.9. The maximum Gasteiger partial charge on any atom is 0.307 e. The maximum atomic E-state index is 13.6. The van der Waals surface area contributed by atoms with Gasteiger partial charge in [-0.15, -0.1) is 0 Å². The van der Waals surface area contributed by atoms with E-state index in [1.54, 1.807) is 23.1 Å². The fraction of sp³-hybridized carbons (Fsp3) is 0.250. The standard InChI is InChI=1S/C24H22BrNO5/c1-3-30-22-15-7-5-6-8-16(15)23(31-4-2)21-17(22)13-26(24(21)29)19-10-9-14(11-18(19)25)12-20(27)28/h5-11H,3-4,12-13H2,1-2H3,(H,27,28). The number of halogens is 1. The third-order valence-corrected chi connectivity index (χ3v) is 5.87. The summed E-state index contributed by atoms with van der Waals surface area (Å²) >= 11 is 3.51. The van der Waals surface area contributed by atoms with Crippen molar-refractivity contribution in [2.24, 2.45) is 0 Å². The van der Waals surface area contributed by atoms with Gasteiger partial charge >= 0.3 is 5.97 Å². The predicted octanol–water partition coefficient (Wildman–Crippen LogP) is 5.19. The summed E-state index contributed by atoms with van der Waals surface area (Å²) in [5.41, 5.74) is 2.65. The largest absolute Gasteiger partial charge is 0.493 e. The first kappa shape index (κ1) is 21.2. The number of carbonyl (C=O) groups is 2. The average molecular weight is 484 g/mol. The first-order valence-corrected chi connectivity index (χ1v) is 10.9. The van der Waals surface area contributed by atoms with Gasteiger partial charge in [-0.05, 0) is 47.5 Å². The summed E-state index contributed by atoms with van der Waals surface area (Å²) in [7, 11) is 0. The molecular formula is C24H22BrNO5. The predicted molar refractivity (Wildman–Crippen MR) is 122 cm³/mol. The van der Waals surface area contributed by atoms with Crippen LogP contribution in [0.15, 0.2) is 46.9 Å². The molecule has 0 spiro atoms. The van der Waals surface area contributed by atoms with E-state index in [9.17, 15) is 9.59 Å². The Morgan fingerprint density at radius 3 is 2.32 bits per heavy atom. The van der Waals surface area contributed by atoms with Crippen LogP contribution in [0.25, 0.3) is 10.8 Å². The number of fused-ring (bicyclic) bond motifs is 2. The lowest BCUT2D eigenvalue weighted by Crippen LogP contribution is -2.23. The third-order valence-electron chi connectivity index (χ3n) is 5.23. The highest BCUT2D eigenvalue weighted by Gasteiger charge is 2.37. The SMILES string of the molecule is CCOc1c2c(c(OCC)c3ccccc13)C(=O)N(c1ccc(CC(=O)O)cc1Br)C2. The number of carbonyl (C=O) groups excluding carboxylic acids is 1. The third kappa shape index (κ3) is 3.74. The van der Waals surface area contributed by atoms with Crippen LogP contribution >= 0.6 is 15.9 Å². The molecule has 3 aromatic rings. The number of ether oxygens (including phenoxy) is 2. The van der Waals surface area contributed by atoms with Crippen LogP contribution in [0.2, 0.25) is 0 Å². The summed E-state index contributed by atoms with van der Waals surface area (Å²) in [4.78, 5) is 26.3. The van der Waals surface area contributed by atoms with Crippen LogP contribution in [-0.4, -0.2) is 30.2 Å². The van der Waals surface area contributed by atoms with Crippen molar-refractivity contribution in [2.45, 2.75) is 26.8 Å². The van der Waals surface area contributed by atoms with E-state index >= 15 is 0 Å². The molecule has 1 aliphatic heterocycles. The van der Waals surface area contributed by atoms with Crippen molar-refractivity contribution in [1.29, 1.82) is 0 Å². The van der Waals surface area contributed by atoms with Crippen LogP contribution in [0, 0.1) is 0 Å². The van der Waals surface area contributed by atoms with Crippen molar-refractivity contribution in [3.05, 3.63) is 63.6 Å². The molecule has 0 atom stereocenters. The van der Waals surface area contributed by atoms with E-state index in [1.807, 2.05) is 38.1 Å². The lowest BCUT2D eigenvalue weighted by Gasteiger charge is -2.18. The smallest absolute Gasteiger partial charge is 0.307 e. The van der Waals surface area contributed by atoms with E-state index in [0.29, 0.717) is 52.5 Å². The Labute approximate surface area is 188 Å². The van der Waals surface area contributed by atoms with Crippen molar-refractivity contribution in [2.75, 3.05) is 18.1 Å². The lowest BCUT2D eigenvalue weighted by atomic mass is 9.99. The molecule has 0 aromatic heterocycles. The van der Waals surface area contributed by atoms with Gasteiger partial charge in [-0.1, -0.05) is 30.3 Å². The summed E-state index contributed by atoms with van der Waals surface area (Å²) < 4.78 is 12.6. The van der Waals surface area contributed by atoms with E-state index < -0.39 is 5.97 Å². The van der Waals surface area contributed by atoms with E-state index in [0.717, 1.165) is 16.3 Å². The topological polar surface area (TPSA) is 76.1 Å².